The topological polar surface area (TPSA) is 70.6 Å². The largest absolute Gasteiger partial charge is 0.329 e. The van der Waals surface area contributed by atoms with Gasteiger partial charge in [-0.15, -0.1) is 0 Å². The maximum absolute atomic E-state index is 11.7. The number of anilines is 1. The monoisotopic (exact) mass is 315 g/mol. The van der Waals surface area contributed by atoms with Crippen molar-refractivity contribution >= 4 is 35.3 Å². The highest BCUT2D eigenvalue weighted by molar-refractivity contribution is 6.39. The summed E-state index contributed by atoms with van der Waals surface area (Å²) in [6.45, 7) is 1.89. The molecule has 0 fully saturated rings. The lowest BCUT2D eigenvalue weighted by Gasteiger charge is -2.04. The van der Waals surface area contributed by atoms with Crippen LogP contribution in [0.15, 0.2) is 53.6 Å². The molecule has 0 aliphatic carbocycles. The minimum atomic E-state index is -0.857. The Kier molecular flexibility index (Phi) is 5.27. The van der Waals surface area contributed by atoms with Gasteiger partial charge in [-0.3, -0.25) is 9.59 Å². The average Bonchev–Trinajstić information content (AvgIpc) is 2.49. The molecule has 6 heteroatoms. The van der Waals surface area contributed by atoms with Crippen LogP contribution >= 0.6 is 11.6 Å². The molecule has 0 heterocycles. The van der Waals surface area contributed by atoms with E-state index in [1.54, 1.807) is 42.5 Å². The van der Waals surface area contributed by atoms with Crippen LogP contribution in [0.4, 0.5) is 5.69 Å². The molecule has 0 atom stereocenters. The summed E-state index contributed by atoms with van der Waals surface area (Å²) < 4.78 is 0. The molecule has 0 unspecified atom stereocenters. The first-order valence-electron chi connectivity index (χ1n) is 6.52. The molecule has 0 saturated carbocycles. The number of benzene rings is 2. The maximum Gasteiger partial charge on any atom is 0.329 e. The Bertz CT molecular complexity index is 729. The normalized spacial score (nSPS) is 10.5. The SMILES string of the molecule is Cc1cccc(NC(=O)C(=O)NN=Cc2ccccc2Cl)c1. The Balaban J connectivity index is 1.92. The van der Waals surface area contributed by atoms with Crippen LogP contribution in [-0.4, -0.2) is 18.0 Å². The summed E-state index contributed by atoms with van der Waals surface area (Å²) in [7, 11) is 0. The summed E-state index contributed by atoms with van der Waals surface area (Å²) in [6.07, 6.45) is 1.38. The minimum absolute atomic E-state index is 0.504. The predicted octanol–water partition coefficient (Wildman–Crippen LogP) is 2.74. The second kappa shape index (κ2) is 7.38. The summed E-state index contributed by atoms with van der Waals surface area (Å²) in [5.74, 6) is -1.65. The van der Waals surface area contributed by atoms with Crippen molar-refractivity contribution in [3.05, 3.63) is 64.7 Å². The number of hydrazone groups is 1. The number of hydrogen-bond donors (Lipinski definition) is 2. The molecule has 112 valence electrons. The van der Waals surface area contributed by atoms with Crippen LogP contribution < -0.4 is 10.7 Å². The lowest BCUT2D eigenvalue weighted by atomic mass is 10.2. The van der Waals surface area contributed by atoms with Crippen LogP contribution in [0.2, 0.25) is 5.02 Å². The molecule has 0 bridgehead atoms. The minimum Gasteiger partial charge on any atom is -0.318 e. The third-order valence-corrected chi connectivity index (χ3v) is 3.10. The van der Waals surface area contributed by atoms with Gasteiger partial charge in [-0.25, -0.2) is 5.43 Å². The molecule has 2 N–H and O–H groups in total. The Morgan fingerprint density at radius 1 is 1.09 bits per heavy atom. The number of amides is 2. The molecule has 22 heavy (non-hydrogen) atoms. The number of nitrogens with zero attached hydrogens (tertiary/aromatic N) is 1. The predicted molar refractivity (Wildman–Crippen MR) is 87.0 cm³/mol. The lowest BCUT2D eigenvalue weighted by Crippen LogP contribution is -2.32. The Labute approximate surface area is 133 Å². The molecule has 0 radical (unpaired) electrons. The van der Waals surface area contributed by atoms with Gasteiger partial charge in [-0.1, -0.05) is 41.9 Å². The van der Waals surface area contributed by atoms with Crippen molar-refractivity contribution in [1.82, 2.24) is 5.43 Å². The highest BCUT2D eigenvalue weighted by atomic mass is 35.5. The van der Waals surface area contributed by atoms with Crippen LogP contribution in [0.25, 0.3) is 0 Å². The fraction of sp³-hybridized carbons (Fsp3) is 0.0625. The molecule has 0 aliphatic heterocycles. The van der Waals surface area contributed by atoms with E-state index in [9.17, 15) is 9.59 Å². The molecule has 2 amide bonds. The molecule has 5 nitrogen and oxygen atoms in total. The number of rotatable bonds is 3. The molecule has 2 aromatic rings. The van der Waals surface area contributed by atoms with Gasteiger partial charge in [0, 0.05) is 16.3 Å². The number of halogens is 1. The van der Waals surface area contributed by atoms with Gasteiger partial charge in [0.25, 0.3) is 0 Å². The van der Waals surface area contributed by atoms with Gasteiger partial charge in [-0.2, -0.15) is 5.10 Å². The van der Waals surface area contributed by atoms with Crippen LogP contribution in [-0.2, 0) is 9.59 Å². The Morgan fingerprint density at radius 3 is 2.59 bits per heavy atom. The fourth-order valence-electron chi connectivity index (χ4n) is 1.70. The van der Waals surface area contributed by atoms with Crippen LogP contribution in [0.5, 0.6) is 0 Å². The van der Waals surface area contributed by atoms with Crippen LogP contribution in [0.3, 0.4) is 0 Å². The van der Waals surface area contributed by atoms with Crippen molar-refractivity contribution in [2.75, 3.05) is 5.32 Å². The zero-order chi connectivity index (χ0) is 15.9. The lowest BCUT2D eigenvalue weighted by molar-refractivity contribution is -0.136. The molecule has 0 aromatic heterocycles. The van der Waals surface area contributed by atoms with E-state index in [1.807, 2.05) is 13.0 Å². The van der Waals surface area contributed by atoms with Gasteiger partial charge >= 0.3 is 11.8 Å². The third kappa shape index (κ3) is 4.43. The fourth-order valence-corrected chi connectivity index (χ4v) is 1.89. The van der Waals surface area contributed by atoms with E-state index in [1.165, 1.54) is 6.21 Å². The first kappa shape index (κ1) is 15.7. The van der Waals surface area contributed by atoms with Crippen molar-refractivity contribution < 1.29 is 9.59 Å². The Morgan fingerprint density at radius 2 is 1.86 bits per heavy atom. The molecule has 0 spiro atoms. The van der Waals surface area contributed by atoms with E-state index < -0.39 is 11.8 Å². The average molecular weight is 316 g/mol. The molecule has 0 aliphatic rings. The van der Waals surface area contributed by atoms with E-state index in [-0.39, 0.29) is 0 Å². The number of nitrogens with one attached hydrogen (secondary N) is 2. The van der Waals surface area contributed by atoms with Crippen LogP contribution in [0, 0.1) is 6.92 Å². The number of carbonyl (C=O) groups is 2. The molecular weight excluding hydrogens is 302 g/mol. The molecule has 0 saturated heterocycles. The number of hydrogen-bond acceptors (Lipinski definition) is 3. The van der Waals surface area contributed by atoms with Gasteiger partial charge in [-0.05, 0) is 30.7 Å². The molecule has 2 rings (SSSR count). The van der Waals surface area contributed by atoms with Crippen molar-refractivity contribution in [3.8, 4) is 0 Å². The summed E-state index contributed by atoms with van der Waals surface area (Å²) in [4.78, 5) is 23.3. The van der Waals surface area contributed by atoms with Gasteiger partial charge in [0.15, 0.2) is 0 Å². The second-order valence-corrected chi connectivity index (χ2v) is 4.95. The number of carbonyl (C=O) groups excluding carboxylic acids is 2. The van der Waals surface area contributed by atoms with Gasteiger partial charge in [0.2, 0.25) is 0 Å². The van der Waals surface area contributed by atoms with Crippen molar-refractivity contribution in [2.24, 2.45) is 5.10 Å². The molecule has 2 aromatic carbocycles. The van der Waals surface area contributed by atoms with Crippen molar-refractivity contribution in [2.45, 2.75) is 6.92 Å². The van der Waals surface area contributed by atoms with E-state index in [4.69, 9.17) is 11.6 Å². The smallest absolute Gasteiger partial charge is 0.318 e. The first-order valence-corrected chi connectivity index (χ1v) is 6.89. The van der Waals surface area contributed by atoms with Crippen LogP contribution in [0.1, 0.15) is 11.1 Å². The first-order chi connectivity index (χ1) is 10.6. The maximum atomic E-state index is 11.7. The summed E-state index contributed by atoms with van der Waals surface area (Å²) >= 11 is 5.94. The van der Waals surface area contributed by atoms with E-state index >= 15 is 0 Å². The van der Waals surface area contributed by atoms with Gasteiger partial charge < -0.3 is 5.32 Å². The second-order valence-electron chi connectivity index (χ2n) is 4.54. The van der Waals surface area contributed by atoms with Gasteiger partial charge in [0.05, 0.1) is 6.21 Å². The highest BCUT2D eigenvalue weighted by Crippen LogP contribution is 2.12. The summed E-state index contributed by atoms with van der Waals surface area (Å²) in [6, 6.07) is 14.2. The van der Waals surface area contributed by atoms with Crippen molar-refractivity contribution in [3.63, 3.8) is 0 Å². The highest BCUT2D eigenvalue weighted by Gasteiger charge is 2.12. The third-order valence-electron chi connectivity index (χ3n) is 2.76. The zero-order valence-corrected chi connectivity index (χ0v) is 12.6. The standard InChI is InChI=1S/C16H14ClN3O2/c1-11-5-4-7-13(9-11)19-15(21)16(22)20-18-10-12-6-2-3-8-14(12)17/h2-10H,1H3,(H,19,21)(H,20,22). The van der Waals surface area contributed by atoms with E-state index in [0.29, 0.717) is 16.3 Å². The Hall–Kier alpha value is -2.66. The van der Waals surface area contributed by atoms with Gasteiger partial charge in [0.1, 0.15) is 0 Å². The van der Waals surface area contributed by atoms with E-state index in [0.717, 1.165) is 5.56 Å². The van der Waals surface area contributed by atoms with Crippen molar-refractivity contribution in [1.29, 1.82) is 0 Å². The number of aryl methyl sites for hydroxylation is 1. The zero-order valence-electron chi connectivity index (χ0n) is 11.8. The quantitative estimate of drug-likeness (QED) is 0.519. The van der Waals surface area contributed by atoms with E-state index in [2.05, 4.69) is 15.8 Å². The summed E-state index contributed by atoms with van der Waals surface area (Å²) in [5.41, 5.74) is 4.33. The molecular formula is C16H14ClN3O2. The summed E-state index contributed by atoms with van der Waals surface area (Å²) in [5, 5.41) is 6.71.